The molecular formula is C11H13ClF3NO2S. The largest absolute Gasteiger partial charge is 0.246 e. The molecular weight excluding hydrogens is 303 g/mol. The molecule has 19 heavy (non-hydrogen) atoms. The van der Waals surface area contributed by atoms with Gasteiger partial charge in [-0.1, -0.05) is 13.3 Å². The van der Waals surface area contributed by atoms with Crippen molar-refractivity contribution in [3.05, 3.63) is 29.6 Å². The molecule has 0 saturated carbocycles. The molecule has 0 saturated heterocycles. The van der Waals surface area contributed by atoms with Crippen LogP contribution in [0.5, 0.6) is 0 Å². The predicted octanol–water partition coefficient (Wildman–Crippen LogP) is 2.79. The summed E-state index contributed by atoms with van der Waals surface area (Å²) < 4.78 is 64.8. The maximum atomic E-state index is 13.3. The second kappa shape index (κ2) is 6.58. The van der Waals surface area contributed by atoms with Crippen molar-refractivity contribution in [2.75, 3.05) is 6.54 Å². The van der Waals surface area contributed by atoms with Crippen LogP contribution in [0.1, 0.15) is 19.8 Å². The van der Waals surface area contributed by atoms with E-state index >= 15 is 0 Å². The molecule has 108 valence electrons. The van der Waals surface area contributed by atoms with Crippen LogP contribution < -0.4 is 4.72 Å². The Morgan fingerprint density at radius 2 is 1.79 bits per heavy atom. The monoisotopic (exact) mass is 315 g/mol. The summed E-state index contributed by atoms with van der Waals surface area (Å²) in [6, 6.07) is 0.615. The van der Waals surface area contributed by atoms with Crippen LogP contribution in [0.3, 0.4) is 0 Å². The number of benzene rings is 1. The SMILES string of the molecule is CCCC(Cl)CNS(=O)(=O)c1c(F)cc(F)cc1F. The molecule has 0 aliphatic rings. The van der Waals surface area contributed by atoms with Crippen LogP contribution in [0.15, 0.2) is 17.0 Å². The van der Waals surface area contributed by atoms with E-state index in [0.717, 1.165) is 6.42 Å². The molecule has 1 N–H and O–H groups in total. The van der Waals surface area contributed by atoms with E-state index in [1.165, 1.54) is 0 Å². The van der Waals surface area contributed by atoms with Crippen molar-refractivity contribution in [2.24, 2.45) is 0 Å². The first kappa shape index (κ1) is 16.3. The van der Waals surface area contributed by atoms with Crippen molar-refractivity contribution in [1.82, 2.24) is 4.72 Å². The fourth-order valence-corrected chi connectivity index (χ4v) is 3.06. The molecule has 1 aromatic carbocycles. The van der Waals surface area contributed by atoms with E-state index in [2.05, 4.69) is 0 Å². The van der Waals surface area contributed by atoms with E-state index in [1.807, 2.05) is 11.6 Å². The number of hydrogen-bond donors (Lipinski definition) is 1. The lowest BCUT2D eigenvalue weighted by atomic mass is 10.2. The van der Waals surface area contributed by atoms with Crippen molar-refractivity contribution in [3.8, 4) is 0 Å². The summed E-state index contributed by atoms with van der Waals surface area (Å²) in [7, 11) is -4.40. The third-order valence-electron chi connectivity index (χ3n) is 2.33. The normalized spacial score (nSPS) is 13.5. The van der Waals surface area contributed by atoms with Crippen molar-refractivity contribution in [1.29, 1.82) is 0 Å². The zero-order valence-electron chi connectivity index (χ0n) is 10.1. The van der Waals surface area contributed by atoms with Crippen molar-refractivity contribution >= 4 is 21.6 Å². The van der Waals surface area contributed by atoms with Gasteiger partial charge in [-0.25, -0.2) is 26.3 Å². The molecule has 1 unspecified atom stereocenters. The zero-order chi connectivity index (χ0) is 14.6. The van der Waals surface area contributed by atoms with Crippen molar-refractivity contribution in [3.63, 3.8) is 0 Å². The Balaban J connectivity index is 2.95. The van der Waals surface area contributed by atoms with E-state index in [9.17, 15) is 21.6 Å². The minimum atomic E-state index is -4.40. The molecule has 0 bridgehead atoms. The summed E-state index contributed by atoms with van der Waals surface area (Å²) in [5.41, 5.74) is 0. The fourth-order valence-electron chi connectivity index (χ4n) is 1.47. The lowest BCUT2D eigenvalue weighted by Crippen LogP contribution is -2.31. The van der Waals surface area contributed by atoms with Gasteiger partial charge in [0.2, 0.25) is 10.0 Å². The van der Waals surface area contributed by atoms with E-state index in [0.29, 0.717) is 18.6 Å². The van der Waals surface area contributed by atoms with Gasteiger partial charge < -0.3 is 0 Å². The number of sulfonamides is 1. The molecule has 0 spiro atoms. The van der Waals surface area contributed by atoms with Crippen molar-refractivity contribution in [2.45, 2.75) is 30.0 Å². The maximum Gasteiger partial charge on any atom is 0.246 e. The van der Waals surface area contributed by atoms with Gasteiger partial charge in [-0.3, -0.25) is 0 Å². The Kier molecular flexibility index (Phi) is 5.64. The highest BCUT2D eigenvalue weighted by atomic mass is 35.5. The maximum absolute atomic E-state index is 13.3. The van der Waals surface area contributed by atoms with Crippen molar-refractivity contribution < 1.29 is 21.6 Å². The van der Waals surface area contributed by atoms with E-state index in [-0.39, 0.29) is 6.54 Å². The molecule has 1 atom stereocenters. The average Bonchev–Trinajstić information content (AvgIpc) is 2.25. The van der Waals surface area contributed by atoms with Crippen LogP contribution in [-0.2, 0) is 10.0 Å². The van der Waals surface area contributed by atoms with E-state index in [1.54, 1.807) is 0 Å². The average molecular weight is 316 g/mol. The smallest absolute Gasteiger partial charge is 0.209 e. The Morgan fingerprint density at radius 1 is 1.26 bits per heavy atom. The number of alkyl halides is 1. The summed E-state index contributed by atoms with van der Waals surface area (Å²) in [5, 5.41) is -0.480. The molecule has 0 aliphatic heterocycles. The van der Waals surface area contributed by atoms with Crippen LogP contribution in [-0.4, -0.2) is 20.3 Å². The molecule has 8 heteroatoms. The highest BCUT2D eigenvalue weighted by molar-refractivity contribution is 7.89. The Bertz CT molecular complexity index is 528. The highest BCUT2D eigenvalue weighted by Crippen LogP contribution is 2.20. The Hall–Kier alpha value is -0.790. The highest BCUT2D eigenvalue weighted by Gasteiger charge is 2.25. The van der Waals surface area contributed by atoms with Gasteiger partial charge in [0.15, 0.2) is 4.90 Å². The van der Waals surface area contributed by atoms with E-state index in [4.69, 9.17) is 11.6 Å². The molecule has 0 radical (unpaired) electrons. The number of halogens is 4. The van der Waals surface area contributed by atoms with E-state index < -0.39 is 37.7 Å². The summed E-state index contributed by atoms with van der Waals surface area (Å²) in [4.78, 5) is -1.20. The molecule has 1 rings (SSSR count). The van der Waals surface area contributed by atoms with Gasteiger partial charge in [0, 0.05) is 24.1 Å². The van der Waals surface area contributed by atoms with Crippen LogP contribution in [0.25, 0.3) is 0 Å². The van der Waals surface area contributed by atoms with Crippen LogP contribution >= 0.6 is 11.6 Å². The summed E-state index contributed by atoms with van der Waals surface area (Å²) in [6.07, 6.45) is 1.30. The minimum absolute atomic E-state index is 0.159. The molecule has 1 aromatic rings. The molecule has 0 aromatic heterocycles. The first-order valence-corrected chi connectivity index (χ1v) is 7.48. The zero-order valence-corrected chi connectivity index (χ0v) is 11.7. The fraction of sp³-hybridized carbons (Fsp3) is 0.455. The lowest BCUT2D eigenvalue weighted by molar-refractivity contribution is 0.493. The summed E-state index contributed by atoms with van der Waals surface area (Å²) >= 11 is 5.80. The van der Waals surface area contributed by atoms with Crippen LogP contribution in [0.2, 0.25) is 0 Å². The number of hydrogen-bond acceptors (Lipinski definition) is 2. The van der Waals surface area contributed by atoms with Gasteiger partial charge in [-0.15, -0.1) is 11.6 Å². The quantitative estimate of drug-likeness (QED) is 0.821. The Morgan fingerprint density at radius 3 is 2.26 bits per heavy atom. The number of rotatable bonds is 6. The predicted molar refractivity (Wildman–Crippen MR) is 66.1 cm³/mol. The third kappa shape index (κ3) is 4.36. The summed E-state index contributed by atoms with van der Waals surface area (Å²) in [6.45, 7) is 1.71. The van der Waals surface area contributed by atoms with Gasteiger partial charge in [-0.05, 0) is 6.42 Å². The topological polar surface area (TPSA) is 46.2 Å². The van der Waals surface area contributed by atoms with Gasteiger partial charge in [0.25, 0.3) is 0 Å². The second-order valence-electron chi connectivity index (χ2n) is 3.94. The Labute approximate surface area is 114 Å². The molecule has 3 nitrogen and oxygen atoms in total. The first-order chi connectivity index (χ1) is 8.77. The summed E-state index contributed by atoms with van der Waals surface area (Å²) in [5.74, 6) is -4.15. The van der Waals surface area contributed by atoms with Gasteiger partial charge in [-0.2, -0.15) is 0 Å². The van der Waals surface area contributed by atoms with Gasteiger partial charge in [0.05, 0.1) is 0 Å². The molecule has 0 amide bonds. The second-order valence-corrected chi connectivity index (χ2v) is 6.26. The lowest BCUT2D eigenvalue weighted by Gasteiger charge is -2.11. The van der Waals surface area contributed by atoms with Gasteiger partial charge >= 0.3 is 0 Å². The molecule has 0 heterocycles. The third-order valence-corrected chi connectivity index (χ3v) is 4.18. The van der Waals surface area contributed by atoms with Crippen LogP contribution in [0.4, 0.5) is 13.2 Å². The molecule has 0 aliphatic carbocycles. The first-order valence-electron chi connectivity index (χ1n) is 5.56. The number of nitrogens with one attached hydrogen (secondary N) is 1. The van der Waals surface area contributed by atoms with Crippen LogP contribution in [0, 0.1) is 17.5 Å². The minimum Gasteiger partial charge on any atom is -0.209 e. The standard InChI is InChI=1S/C11H13ClF3NO2S/c1-2-3-7(12)6-16-19(17,18)11-9(14)4-8(13)5-10(11)15/h4-5,7,16H,2-3,6H2,1H3. The molecule has 0 fully saturated rings. The van der Waals surface area contributed by atoms with Gasteiger partial charge in [0.1, 0.15) is 17.5 Å².